The van der Waals surface area contributed by atoms with E-state index in [1.54, 1.807) is 7.11 Å². The predicted molar refractivity (Wildman–Crippen MR) is 64.7 cm³/mol. The van der Waals surface area contributed by atoms with Crippen molar-refractivity contribution in [3.05, 3.63) is 24.0 Å². The summed E-state index contributed by atoms with van der Waals surface area (Å²) in [6, 6.07) is 6.00. The highest BCUT2D eigenvalue weighted by molar-refractivity contribution is 5.77. The molecule has 0 aliphatic heterocycles. The van der Waals surface area contributed by atoms with Crippen molar-refractivity contribution in [1.29, 1.82) is 0 Å². The van der Waals surface area contributed by atoms with Crippen molar-refractivity contribution in [2.45, 2.75) is 20.0 Å². The molecule has 0 saturated carbocycles. The molecule has 2 rings (SSSR count). The number of ether oxygens (including phenoxy) is 1. The lowest BCUT2D eigenvalue weighted by Crippen LogP contribution is -2.11. The van der Waals surface area contributed by atoms with Gasteiger partial charge in [-0.2, -0.15) is 0 Å². The molecule has 0 unspecified atom stereocenters. The highest BCUT2D eigenvalue weighted by Gasteiger charge is 2.09. The molecule has 4 nitrogen and oxygen atoms in total. The first-order chi connectivity index (χ1) is 7.80. The van der Waals surface area contributed by atoms with Gasteiger partial charge in [-0.25, -0.2) is 4.98 Å². The summed E-state index contributed by atoms with van der Waals surface area (Å²) in [5.74, 6) is 1.91. The van der Waals surface area contributed by atoms with Gasteiger partial charge in [0.15, 0.2) is 0 Å². The molecule has 4 heteroatoms. The molecule has 1 N–H and O–H groups in total. The molecule has 0 fully saturated rings. The summed E-state index contributed by atoms with van der Waals surface area (Å²) in [6.45, 7) is 3.84. The molecule has 2 aromatic rings. The fourth-order valence-corrected chi connectivity index (χ4v) is 1.93. The van der Waals surface area contributed by atoms with Crippen LogP contribution < -0.4 is 10.1 Å². The molecule has 0 amide bonds. The first kappa shape index (κ1) is 11.0. The average Bonchev–Trinajstić information content (AvgIpc) is 2.65. The molecule has 1 heterocycles. The Morgan fingerprint density at radius 2 is 2.25 bits per heavy atom. The molecular weight excluding hydrogens is 202 g/mol. The quantitative estimate of drug-likeness (QED) is 0.852. The number of aromatic nitrogens is 2. The van der Waals surface area contributed by atoms with E-state index >= 15 is 0 Å². The predicted octanol–water partition coefficient (Wildman–Crippen LogP) is 1.78. The lowest BCUT2D eigenvalue weighted by molar-refractivity contribution is 0.415. The maximum Gasteiger partial charge on any atom is 0.123 e. The van der Waals surface area contributed by atoms with E-state index in [0.29, 0.717) is 0 Å². The van der Waals surface area contributed by atoms with Crippen LogP contribution in [0.4, 0.5) is 0 Å². The summed E-state index contributed by atoms with van der Waals surface area (Å²) in [4.78, 5) is 4.60. The van der Waals surface area contributed by atoms with E-state index in [-0.39, 0.29) is 0 Å². The summed E-state index contributed by atoms with van der Waals surface area (Å²) in [6.07, 6.45) is 0. The van der Waals surface area contributed by atoms with Gasteiger partial charge in [0.05, 0.1) is 24.7 Å². The van der Waals surface area contributed by atoms with Crippen LogP contribution in [0.25, 0.3) is 11.0 Å². The third kappa shape index (κ3) is 1.76. The minimum Gasteiger partial charge on any atom is -0.497 e. The Labute approximate surface area is 95.2 Å². The minimum atomic E-state index is 0.783. The highest BCUT2D eigenvalue weighted by Crippen LogP contribution is 2.21. The van der Waals surface area contributed by atoms with Gasteiger partial charge in [-0.1, -0.05) is 0 Å². The van der Waals surface area contributed by atoms with Crippen molar-refractivity contribution in [3.63, 3.8) is 0 Å². The van der Waals surface area contributed by atoms with Crippen LogP contribution in [0.5, 0.6) is 5.75 Å². The number of imidazole rings is 1. The SMILES string of the molecule is CCn1c(CNC)nc2cc(OC)ccc21. The summed E-state index contributed by atoms with van der Waals surface area (Å²) in [5.41, 5.74) is 2.15. The summed E-state index contributed by atoms with van der Waals surface area (Å²) >= 11 is 0. The summed E-state index contributed by atoms with van der Waals surface area (Å²) in [5, 5.41) is 3.13. The van der Waals surface area contributed by atoms with Crippen molar-refractivity contribution < 1.29 is 4.74 Å². The van der Waals surface area contributed by atoms with E-state index < -0.39 is 0 Å². The largest absolute Gasteiger partial charge is 0.497 e. The molecule has 0 bridgehead atoms. The van der Waals surface area contributed by atoms with Crippen molar-refractivity contribution >= 4 is 11.0 Å². The molecule has 0 aliphatic carbocycles. The number of aryl methyl sites for hydroxylation is 1. The maximum absolute atomic E-state index is 5.20. The van der Waals surface area contributed by atoms with Gasteiger partial charge in [-0.15, -0.1) is 0 Å². The number of nitrogens with one attached hydrogen (secondary N) is 1. The third-order valence-corrected chi connectivity index (χ3v) is 2.69. The number of fused-ring (bicyclic) bond motifs is 1. The fraction of sp³-hybridized carbons (Fsp3) is 0.417. The van der Waals surface area contributed by atoms with Gasteiger partial charge in [0.25, 0.3) is 0 Å². The van der Waals surface area contributed by atoms with E-state index in [4.69, 9.17) is 4.74 Å². The topological polar surface area (TPSA) is 39.1 Å². The van der Waals surface area contributed by atoms with Crippen LogP contribution in [-0.2, 0) is 13.1 Å². The Morgan fingerprint density at radius 1 is 1.44 bits per heavy atom. The Bertz CT molecular complexity index is 490. The Kier molecular flexibility index (Phi) is 3.10. The van der Waals surface area contributed by atoms with Gasteiger partial charge >= 0.3 is 0 Å². The Morgan fingerprint density at radius 3 is 2.88 bits per heavy atom. The van der Waals surface area contributed by atoms with Crippen LogP contribution in [0.3, 0.4) is 0 Å². The number of hydrogen-bond acceptors (Lipinski definition) is 3. The molecule has 86 valence electrons. The number of rotatable bonds is 4. The smallest absolute Gasteiger partial charge is 0.123 e. The van der Waals surface area contributed by atoms with E-state index in [1.807, 2.05) is 19.2 Å². The number of benzene rings is 1. The lowest BCUT2D eigenvalue weighted by Gasteiger charge is -2.05. The van der Waals surface area contributed by atoms with E-state index in [2.05, 4.69) is 27.9 Å². The van der Waals surface area contributed by atoms with Crippen molar-refractivity contribution in [2.75, 3.05) is 14.2 Å². The van der Waals surface area contributed by atoms with Gasteiger partial charge in [0.1, 0.15) is 11.6 Å². The Balaban J connectivity index is 2.57. The van der Waals surface area contributed by atoms with E-state index in [1.165, 1.54) is 0 Å². The molecule has 1 aromatic heterocycles. The van der Waals surface area contributed by atoms with Gasteiger partial charge in [0.2, 0.25) is 0 Å². The second-order valence-electron chi connectivity index (χ2n) is 3.66. The van der Waals surface area contributed by atoms with Gasteiger partial charge in [-0.05, 0) is 26.1 Å². The number of hydrogen-bond donors (Lipinski definition) is 1. The zero-order chi connectivity index (χ0) is 11.5. The third-order valence-electron chi connectivity index (χ3n) is 2.69. The molecule has 1 aromatic carbocycles. The summed E-state index contributed by atoms with van der Waals surface area (Å²) in [7, 11) is 3.60. The molecule has 0 saturated heterocycles. The molecule has 0 aliphatic rings. The molecule has 16 heavy (non-hydrogen) atoms. The highest BCUT2D eigenvalue weighted by atomic mass is 16.5. The van der Waals surface area contributed by atoms with Crippen LogP contribution in [0, 0.1) is 0 Å². The van der Waals surface area contributed by atoms with E-state index in [9.17, 15) is 0 Å². The second-order valence-corrected chi connectivity index (χ2v) is 3.66. The van der Waals surface area contributed by atoms with Gasteiger partial charge in [-0.3, -0.25) is 0 Å². The van der Waals surface area contributed by atoms with Crippen LogP contribution in [-0.4, -0.2) is 23.7 Å². The first-order valence-electron chi connectivity index (χ1n) is 5.48. The average molecular weight is 219 g/mol. The van der Waals surface area contributed by atoms with Crippen molar-refractivity contribution in [3.8, 4) is 5.75 Å². The zero-order valence-corrected chi connectivity index (χ0v) is 9.95. The van der Waals surface area contributed by atoms with Crippen LogP contribution in [0.15, 0.2) is 18.2 Å². The van der Waals surface area contributed by atoms with Crippen LogP contribution in [0.1, 0.15) is 12.7 Å². The van der Waals surface area contributed by atoms with Crippen molar-refractivity contribution in [2.24, 2.45) is 0 Å². The Hall–Kier alpha value is -1.55. The minimum absolute atomic E-state index is 0.783. The lowest BCUT2D eigenvalue weighted by atomic mass is 10.3. The maximum atomic E-state index is 5.20. The summed E-state index contributed by atoms with van der Waals surface area (Å²) < 4.78 is 7.41. The molecule has 0 spiro atoms. The number of methoxy groups -OCH3 is 1. The van der Waals surface area contributed by atoms with Gasteiger partial charge < -0.3 is 14.6 Å². The monoisotopic (exact) mass is 219 g/mol. The fourth-order valence-electron chi connectivity index (χ4n) is 1.93. The van der Waals surface area contributed by atoms with Gasteiger partial charge in [0, 0.05) is 12.6 Å². The van der Waals surface area contributed by atoms with Crippen LogP contribution >= 0.6 is 0 Å². The normalized spacial score (nSPS) is 10.9. The van der Waals surface area contributed by atoms with E-state index in [0.717, 1.165) is 35.7 Å². The number of nitrogens with zero attached hydrogens (tertiary/aromatic N) is 2. The standard InChI is InChI=1S/C12H17N3O/c1-4-15-11-6-5-9(16-3)7-10(11)14-12(15)8-13-2/h5-7,13H,4,8H2,1-3H3. The first-order valence-corrected chi connectivity index (χ1v) is 5.48. The molecule has 0 atom stereocenters. The van der Waals surface area contributed by atoms with Crippen LogP contribution in [0.2, 0.25) is 0 Å². The second kappa shape index (κ2) is 4.53. The zero-order valence-electron chi connectivity index (χ0n) is 9.95. The molecular formula is C12H17N3O. The van der Waals surface area contributed by atoms with Crippen molar-refractivity contribution in [1.82, 2.24) is 14.9 Å². The molecule has 0 radical (unpaired) electrons.